The fraction of sp³-hybridized carbons (Fsp3) is 0. The molecule has 22 heavy (non-hydrogen) atoms. The largest absolute Gasteiger partial charge is 0.306 e. The zero-order valence-corrected chi connectivity index (χ0v) is 12.6. The molecule has 5 nitrogen and oxygen atoms in total. The lowest BCUT2D eigenvalue weighted by Crippen LogP contribution is -2.09. The molecule has 3 heterocycles. The van der Waals surface area contributed by atoms with E-state index in [2.05, 4.69) is 15.1 Å². The van der Waals surface area contributed by atoms with Gasteiger partial charge in [-0.3, -0.25) is 4.79 Å². The van der Waals surface area contributed by atoms with Crippen LogP contribution in [0.1, 0.15) is 0 Å². The lowest BCUT2D eigenvalue weighted by molar-refractivity contribution is 0.981. The highest BCUT2D eigenvalue weighted by atomic mass is 35.5. The summed E-state index contributed by atoms with van der Waals surface area (Å²) in [7, 11) is 0. The minimum Gasteiger partial charge on any atom is -0.306 e. The number of nitrogens with zero attached hydrogens (tertiary/aromatic N) is 3. The van der Waals surface area contributed by atoms with Crippen LogP contribution in [0.2, 0.25) is 10.2 Å². The Labute approximate surface area is 134 Å². The predicted molar refractivity (Wildman–Crippen MR) is 86.6 cm³/mol. The standard InChI is InChI=1S/C15H8Cl2N4O/c16-9-1-2-12-10(6-9)15(22)19-14-7-11(20-21(12)14)8-3-4-18-13(17)5-8/h1-7H,(H,19,22). The normalized spacial score (nSPS) is 11.4. The number of rotatable bonds is 1. The molecule has 0 bridgehead atoms. The molecule has 0 spiro atoms. The first kappa shape index (κ1) is 13.3. The number of aromatic nitrogens is 4. The zero-order valence-electron chi connectivity index (χ0n) is 11.0. The molecule has 0 fully saturated rings. The van der Waals surface area contributed by atoms with E-state index in [4.69, 9.17) is 23.2 Å². The van der Waals surface area contributed by atoms with Crippen LogP contribution in [0.25, 0.3) is 27.8 Å². The molecule has 0 atom stereocenters. The Morgan fingerprint density at radius 3 is 2.77 bits per heavy atom. The third-order valence-electron chi connectivity index (χ3n) is 3.40. The first-order valence-electron chi connectivity index (χ1n) is 6.45. The van der Waals surface area contributed by atoms with Crippen LogP contribution in [-0.4, -0.2) is 19.6 Å². The van der Waals surface area contributed by atoms with Crippen molar-refractivity contribution in [3.63, 3.8) is 0 Å². The van der Waals surface area contributed by atoms with Crippen LogP contribution >= 0.6 is 23.2 Å². The van der Waals surface area contributed by atoms with Crippen LogP contribution in [0.3, 0.4) is 0 Å². The molecule has 0 amide bonds. The van der Waals surface area contributed by atoms with Gasteiger partial charge in [0.15, 0.2) is 0 Å². The van der Waals surface area contributed by atoms with Crippen LogP contribution in [0.5, 0.6) is 0 Å². The summed E-state index contributed by atoms with van der Waals surface area (Å²) in [6.07, 6.45) is 1.61. The minimum absolute atomic E-state index is 0.204. The van der Waals surface area contributed by atoms with E-state index in [0.717, 1.165) is 5.56 Å². The Kier molecular flexibility index (Phi) is 2.92. The molecule has 0 saturated heterocycles. The summed E-state index contributed by atoms with van der Waals surface area (Å²) in [6, 6.07) is 10.5. The van der Waals surface area contributed by atoms with Crippen molar-refractivity contribution in [2.75, 3.05) is 0 Å². The van der Waals surface area contributed by atoms with E-state index < -0.39 is 0 Å². The molecule has 0 unspecified atom stereocenters. The molecule has 1 aromatic carbocycles. The number of hydrogen-bond acceptors (Lipinski definition) is 3. The van der Waals surface area contributed by atoms with Gasteiger partial charge in [0.2, 0.25) is 0 Å². The number of aromatic amines is 1. The molecular weight excluding hydrogens is 323 g/mol. The Hall–Kier alpha value is -2.37. The second-order valence-corrected chi connectivity index (χ2v) is 5.63. The number of nitrogens with one attached hydrogen (secondary N) is 1. The number of H-pyrrole nitrogens is 1. The Bertz CT molecular complexity index is 1080. The van der Waals surface area contributed by atoms with E-state index in [0.29, 0.717) is 32.4 Å². The van der Waals surface area contributed by atoms with Crippen LogP contribution < -0.4 is 5.56 Å². The SMILES string of the molecule is O=c1[nH]c2cc(-c3ccnc(Cl)c3)nn2c2ccc(Cl)cc12. The number of benzene rings is 1. The summed E-state index contributed by atoms with van der Waals surface area (Å²) in [5.74, 6) is 0. The van der Waals surface area contributed by atoms with Crippen molar-refractivity contribution in [3.8, 4) is 11.3 Å². The smallest absolute Gasteiger partial charge is 0.259 e. The van der Waals surface area contributed by atoms with Crippen LogP contribution in [0.4, 0.5) is 0 Å². The molecule has 108 valence electrons. The predicted octanol–water partition coefficient (Wildman–Crippen LogP) is 3.54. The molecule has 0 aliphatic rings. The third kappa shape index (κ3) is 2.06. The highest BCUT2D eigenvalue weighted by Gasteiger charge is 2.10. The number of hydrogen-bond donors (Lipinski definition) is 1. The zero-order chi connectivity index (χ0) is 15.3. The van der Waals surface area contributed by atoms with Gasteiger partial charge in [0.05, 0.1) is 16.6 Å². The number of halogens is 2. The van der Waals surface area contributed by atoms with Crippen LogP contribution in [0, 0.1) is 0 Å². The molecule has 3 aromatic heterocycles. The van der Waals surface area contributed by atoms with Gasteiger partial charge < -0.3 is 4.98 Å². The van der Waals surface area contributed by atoms with Crippen molar-refractivity contribution in [2.45, 2.75) is 0 Å². The van der Waals surface area contributed by atoms with Gasteiger partial charge >= 0.3 is 0 Å². The Morgan fingerprint density at radius 2 is 1.95 bits per heavy atom. The highest BCUT2D eigenvalue weighted by molar-refractivity contribution is 6.31. The van der Waals surface area contributed by atoms with Gasteiger partial charge in [-0.05, 0) is 30.3 Å². The molecule has 0 aliphatic carbocycles. The highest BCUT2D eigenvalue weighted by Crippen LogP contribution is 2.23. The summed E-state index contributed by atoms with van der Waals surface area (Å²) in [6.45, 7) is 0. The quantitative estimate of drug-likeness (QED) is 0.543. The second kappa shape index (κ2) is 4.83. The maximum absolute atomic E-state index is 12.2. The van der Waals surface area contributed by atoms with Gasteiger partial charge in [0, 0.05) is 22.8 Å². The van der Waals surface area contributed by atoms with Gasteiger partial charge in [-0.2, -0.15) is 5.10 Å². The van der Waals surface area contributed by atoms with E-state index in [1.165, 1.54) is 0 Å². The van der Waals surface area contributed by atoms with Gasteiger partial charge in [-0.1, -0.05) is 23.2 Å². The Balaban J connectivity index is 2.06. The fourth-order valence-corrected chi connectivity index (χ4v) is 2.76. The summed E-state index contributed by atoms with van der Waals surface area (Å²) < 4.78 is 1.68. The molecule has 0 aliphatic heterocycles. The number of fused-ring (bicyclic) bond motifs is 3. The molecule has 4 aromatic rings. The van der Waals surface area contributed by atoms with E-state index in [9.17, 15) is 4.79 Å². The minimum atomic E-state index is -0.204. The van der Waals surface area contributed by atoms with Crippen molar-refractivity contribution in [1.29, 1.82) is 0 Å². The lowest BCUT2D eigenvalue weighted by atomic mass is 10.2. The molecule has 0 radical (unpaired) electrons. The molecule has 4 rings (SSSR count). The molecule has 7 heteroatoms. The van der Waals surface area contributed by atoms with E-state index in [1.807, 2.05) is 6.07 Å². The van der Waals surface area contributed by atoms with E-state index in [1.54, 1.807) is 41.0 Å². The summed E-state index contributed by atoms with van der Waals surface area (Å²) >= 11 is 11.9. The summed E-state index contributed by atoms with van der Waals surface area (Å²) in [4.78, 5) is 18.9. The summed E-state index contributed by atoms with van der Waals surface area (Å²) in [5, 5.41) is 5.92. The van der Waals surface area contributed by atoms with Crippen LogP contribution in [0.15, 0.2) is 47.4 Å². The molecular formula is C15H8Cl2N4O. The van der Waals surface area contributed by atoms with Crippen molar-refractivity contribution >= 4 is 39.8 Å². The monoisotopic (exact) mass is 330 g/mol. The second-order valence-electron chi connectivity index (χ2n) is 4.81. The van der Waals surface area contributed by atoms with E-state index >= 15 is 0 Å². The molecule has 0 saturated carbocycles. The first-order valence-corrected chi connectivity index (χ1v) is 7.21. The van der Waals surface area contributed by atoms with Crippen molar-refractivity contribution in [2.24, 2.45) is 0 Å². The number of pyridine rings is 1. The maximum atomic E-state index is 12.2. The topological polar surface area (TPSA) is 63.0 Å². The average Bonchev–Trinajstić information content (AvgIpc) is 2.91. The van der Waals surface area contributed by atoms with Gasteiger partial charge in [0.25, 0.3) is 5.56 Å². The van der Waals surface area contributed by atoms with Gasteiger partial charge in [0.1, 0.15) is 10.8 Å². The lowest BCUT2D eigenvalue weighted by Gasteiger charge is -2.01. The van der Waals surface area contributed by atoms with Crippen LogP contribution in [-0.2, 0) is 0 Å². The van der Waals surface area contributed by atoms with Crippen molar-refractivity contribution in [3.05, 3.63) is 63.1 Å². The Morgan fingerprint density at radius 1 is 1.09 bits per heavy atom. The van der Waals surface area contributed by atoms with E-state index in [-0.39, 0.29) is 5.56 Å². The third-order valence-corrected chi connectivity index (χ3v) is 3.85. The first-order chi connectivity index (χ1) is 10.6. The van der Waals surface area contributed by atoms with Gasteiger partial charge in [-0.15, -0.1) is 0 Å². The van der Waals surface area contributed by atoms with Crippen molar-refractivity contribution < 1.29 is 0 Å². The average molecular weight is 331 g/mol. The fourth-order valence-electron chi connectivity index (χ4n) is 2.42. The summed E-state index contributed by atoms with van der Waals surface area (Å²) in [5.41, 5.74) is 2.61. The molecule has 1 N–H and O–H groups in total. The maximum Gasteiger partial charge on any atom is 0.259 e. The van der Waals surface area contributed by atoms with Gasteiger partial charge in [-0.25, -0.2) is 9.50 Å². The van der Waals surface area contributed by atoms with Crippen molar-refractivity contribution in [1.82, 2.24) is 19.6 Å².